The van der Waals surface area contributed by atoms with Gasteiger partial charge in [-0.1, -0.05) is 59.7 Å². The van der Waals surface area contributed by atoms with Gasteiger partial charge in [0.05, 0.1) is 0 Å². The van der Waals surface area contributed by atoms with Crippen LogP contribution in [0, 0.1) is 0 Å². The number of allylic oxidation sites excluding steroid dienone is 4. The number of rotatable bonds is 14. The number of unbranched alkanes of at least 4 members (excludes halogenated alkanes) is 4. The molecule has 0 bridgehead atoms. The first-order valence-corrected chi connectivity index (χ1v) is 11.4. The maximum absolute atomic E-state index is 2.32. The molecular weight excluding hydrogens is 288 g/mol. The predicted octanol–water partition coefficient (Wildman–Crippen LogP) is 7.29. The van der Waals surface area contributed by atoms with Gasteiger partial charge in [0, 0.05) is 11.5 Å². The lowest BCUT2D eigenvalue weighted by atomic mass is 10.2. The van der Waals surface area contributed by atoms with Gasteiger partial charge < -0.3 is 0 Å². The second-order valence-corrected chi connectivity index (χ2v) is 8.93. The molecule has 0 saturated heterocycles. The van der Waals surface area contributed by atoms with Crippen LogP contribution < -0.4 is 0 Å². The van der Waals surface area contributed by atoms with Gasteiger partial charge in [-0.05, 0) is 61.2 Å². The van der Waals surface area contributed by atoms with Gasteiger partial charge in [-0.3, -0.25) is 0 Å². The molecule has 0 heterocycles. The SMILES string of the molecule is CC/C=C/CCCCSSSCCCC/C=C/CC. The highest BCUT2D eigenvalue weighted by Crippen LogP contribution is 2.35. The first-order chi connectivity index (χ1) is 9.41. The van der Waals surface area contributed by atoms with E-state index in [1.54, 1.807) is 0 Å². The topological polar surface area (TPSA) is 0 Å². The Morgan fingerprint density at radius 3 is 1.53 bits per heavy atom. The summed E-state index contributed by atoms with van der Waals surface area (Å²) in [7, 11) is 6.05. The molecule has 3 heteroatoms. The number of hydrogen-bond acceptors (Lipinski definition) is 3. The Balaban J connectivity index is 2.99. The molecule has 0 radical (unpaired) electrons. The van der Waals surface area contributed by atoms with Gasteiger partial charge in [-0.25, -0.2) is 0 Å². The van der Waals surface area contributed by atoms with Gasteiger partial charge in [-0.2, -0.15) is 0 Å². The molecule has 0 atom stereocenters. The summed E-state index contributed by atoms with van der Waals surface area (Å²) in [6.07, 6.45) is 19.5. The minimum atomic E-state index is 1.18. The van der Waals surface area contributed by atoms with E-state index in [-0.39, 0.29) is 0 Å². The van der Waals surface area contributed by atoms with Crippen molar-refractivity contribution in [2.24, 2.45) is 0 Å². The molecule has 0 fully saturated rings. The fraction of sp³-hybridized carbons (Fsp3) is 0.750. The van der Waals surface area contributed by atoms with Gasteiger partial charge in [-0.15, -0.1) is 0 Å². The molecule has 0 rings (SSSR count). The highest BCUT2D eigenvalue weighted by molar-refractivity contribution is 9.09. The van der Waals surface area contributed by atoms with E-state index >= 15 is 0 Å². The third-order valence-electron chi connectivity index (χ3n) is 2.60. The van der Waals surface area contributed by atoms with Crippen LogP contribution in [0.4, 0.5) is 0 Å². The fourth-order valence-corrected chi connectivity index (χ4v) is 5.52. The van der Waals surface area contributed by atoms with Crippen LogP contribution in [0.3, 0.4) is 0 Å². The van der Waals surface area contributed by atoms with E-state index in [1.807, 2.05) is 31.4 Å². The lowest BCUT2D eigenvalue weighted by Gasteiger charge is -2.00. The minimum absolute atomic E-state index is 1.18. The second-order valence-electron chi connectivity index (χ2n) is 4.46. The van der Waals surface area contributed by atoms with E-state index in [2.05, 4.69) is 38.2 Å². The monoisotopic (exact) mass is 318 g/mol. The summed E-state index contributed by atoms with van der Waals surface area (Å²) in [5.74, 6) is 2.60. The quantitative estimate of drug-likeness (QED) is 0.187. The zero-order chi connectivity index (χ0) is 14.0. The Bertz CT molecular complexity index is 190. The normalized spacial score (nSPS) is 11.9. The summed E-state index contributed by atoms with van der Waals surface area (Å²) >= 11 is 0. The first kappa shape index (κ1) is 19.5. The van der Waals surface area contributed by atoms with Crippen LogP contribution in [0.5, 0.6) is 0 Å². The molecule has 0 aliphatic carbocycles. The van der Waals surface area contributed by atoms with Crippen molar-refractivity contribution in [3.05, 3.63) is 24.3 Å². The Hall–Kier alpha value is 0.530. The molecule has 0 aromatic carbocycles. The van der Waals surface area contributed by atoms with Crippen LogP contribution in [0.25, 0.3) is 0 Å². The Morgan fingerprint density at radius 1 is 0.632 bits per heavy atom. The summed E-state index contributed by atoms with van der Waals surface area (Å²) in [5, 5.41) is 0. The minimum Gasteiger partial charge on any atom is -0.0888 e. The Labute approximate surface area is 132 Å². The third kappa shape index (κ3) is 18.5. The zero-order valence-corrected chi connectivity index (χ0v) is 15.1. The molecule has 0 amide bonds. The molecule has 19 heavy (non-hydrogen) atoms. The standard InChI is InChI=1S/C16H30S3/c1-3-5-7-9-11-13-15-17-19-18-16-14-12-10-8-6-4-2/h5-8H,3-4,9-16H2,1-2H3/b7-5+,8-6+. The van der Waals surface area contributed by atoms with E-state index in [9.17, 15) is 0 Å². The molecule has 0 aromatic rings. The molecule has 0 nitrogen and oxygen atoms in total. The van der Waals surface area contributed by atoms with Gasteiger partial charge >= 0.3 is 0 Å². The molecule has 0 aliphatic heterocycles. The van der Waals surface area contributed by atoms with E-state index in [4.69, 9.17) is 0 Å². The maximum atomic E-state index is 2.32. The smallest absolute Gasteiger partial charge is 0.00452 e. The summed E-state index contributed by atoms with van der Waals surface area (Å²) < 4.78 is 0. The third-order valence-corrected chi connectivity index (χ3v) is 7.01. The molecule has 0 aromatic heterocycles. The molecule has 0 saturated carbocycles. The molecular formula is C16H30S3. The average Bonchev–Trinajstić information content (AvgIpc) is 2.43. The van der Waals surface area contributed by atoms with Crippen molar-refractivity contribution in [2.75, 3.05) is 11.5 Å². The summed E-state index contributed by atoms with van der Waals surface area (Å²) in [6, 6.07) is 0. The molecule has 0 unspecified atom stereocenters. The van der Waals surface area contributed by atoms with Crippen molar-refractivity contribution in [3.63, 3.8) is 0 Å². The Kier molecular flexibility index (Phi) is 19.0. The fourth-order valence-electron chi connectivity index (χ4n) is 1.52. The summed E-state index contributed by atoms with van der Waals surface area (Å²) in [6.45, 7) is 4.39. The van der Waals surface area contributed by atoms with Gasteiger partial charge in [0.25, 0.3) is 0 Å². The van der Waals surface area contributed by atoms with Crippen LogP contribution in [-0.2, 0) is 0 Å². The van der Waals surface area contributed by atoms with Crippen LogP contribution in [0.2, 0.25) is 0 Å². The highest BCUT2D eigenvalue weighted by Gasteiger charge is 1.93. The Morgan fingerprint density at radius 2 is 1.11 bits per heavy atom. The van der Waals surface area contributed by atoms with Crippen molar-refractivity contribution in [3.8, 4) is 0 Å². The lowest BCUT2D eigenvalue weighted by Crippen LogP contribution is -1.78. The predicted molar refractivity (Wildman–Crippen MR) is 99.1 cm³/mol. The van der Waals surface area contributed by atoms with E-state index in [0.29, 0.717) is 0 Å². The second kappa shape index (κ2) is 18.5. The molecule has 0 aliphatic rings. The van der Waals surface area contributed by atoms with Gasteiger partial charge in [0.2, 0.25) is 0 Å². The zero-order valence-electron chi connectivity index (χ0n) is 12.6. The summed E-state index contributed by atoms with van der Waals surface area (Å²) in [5.41, 5.74) is 0. The van der Waals surface area contributed by atoms with Crippen molar-refractivity contribution in [1.29, 1.82) is 0 Å². The van der Waals surface area contributed by atoms with Crippen LogP contribution in [0.15, 0.2) is 24.3 Å². The average molecular weight is 319 g/mol. The van der Waals surface area contributed by atoms with Crippen molar-refractivity contribution in [2.45, 2.75) is 65.2 Å². The van der Waals surface area contributed by atoms with Crippen molar-refractivity contribution >= 4 is 31.4 Å². The van der Waals surface area contributed by atoms with E-state index < -0.39 is 0 Å². The van der Waals surface area contributed by atoms with Crippen molar-refractivity contribution < 1.29 is 0 Å². The molecule has 0 N–H and O–H groups in total. The largest absolute Gasteiger partial charge is 0.0888 e. The van der Waals surface area contributed by atoms with E-state index in [0.717, 1.165) is 0 Å². The van der Waals surface area contributed by atoms with Crippen LogP contribution in [-0.4, -0.2) is 11.5 Å². The van der Waals surface area contributed by atoms with Gasteiger partial charge in [0.1, 0.15) is 0 Å². The first-order valence-electron chi connectivity index (χ1n) is 7.62. The van der Waals surface area contributed by atoms with Gasteiger partial charge in [0.15, 0.2) is 0 Å². The molecule has 0 spiro atoms. The lowest BCUT2D eigenvalue weighted by molar-refractivity contribution is 0.822. The van der Waals surface area contributed by atoms with Crippen LogP contribution in [0.1, 0.15) is 65.2 Å². The van der Waals surface area contributed by atoms with Crippen molar-refractivity contribution in [1.82, 2.24) is 0 Å². The molecule has 112 valence electrons. The maximum Gasteiger partial charge on any atom is 0.00452 e. The number of hydrogen-bond donors (Lipinski definition) is 0. The highest BCUT2D eigenvalue weighted by atomic mass is 33.5. The summed E-state index contributed by atoms with van der Waals surface area (Å²) in [4.78, 5) is 0. The van der Waals surface area contributed by atoms with Crippen LogP contribution >= 0.6 is 31.4 Å². The van der Waals surface area contributed by atoms with E-state index in [1.165, 1.54) is 62.9 Å².